The number of nitrogens with one attached hydrogen (secondary N) is 2. The number of aromatic nitrogens is 3. The van der Waals surface area contributed by atoms with Crippen molar-refractivity contribution in [2.75, 3.05) is 19.6 Å². The molecule has 3 heterocycles. The van der Waals surface area contributed by atoms with Gasteiger partial charge >= 0.3 is 0 Å². The Hall–Kier alpha value is -2.86. The van der Waals surface area contributed by atoms with Gasteiger partial charge in [-0.25, -0.2) is 4.68 Å². The molecule has 1 unspecified atom stereocenters. The Balaban J connectivity index is 1.49. The van der Waals surface area contributed by atoms with E-state index in [0.29, 0.717) is 12.2 Å². The first-order valence-corrected chi connectivity index (χ1v) is 11.4. The largest absolute Gasteiger partial charge is 0.350 e. The van der Waals surface area contributed by atoms with Gasteiger partial charge in [0.25, 0.3) is 5.91 Å². The maximum Gasteiger partial charge on any atom is 0.270 e. The fraction of sp³-hybridized carbons (Fsp3) is 0.440. The predicted octanol–water partition coefficient (Wildman–Crippen LogP) is 2.76. The van der Waals surface area contributed by atoms with Crippen LogP contribution in [-0.2, 0) is 7.05 Å². The van der Waals surface area contributed by atoms with Crippen LogP contribution in [0.3, 0.4) is 0 Å². The number of benzene rings is 1. The first kappa shape index (κ1) is 21.4. The van der Waals surface area contributed by atoms with Crippen molar-refractivity contribution in [3.05, 3.63) is 59.9 Å². The molecule has 0 radical (unpaired) electrons. The van der Waals surface area contributed by atoms with Crippen LogP contribution in [0.5, 0.6) is 0 Å². The molecule has 1 fully saturated rings. The molecule has 4 rings (SSSR count). The van der Waals surface area contributed by atoms with Crippen LogP contribution in [0.15, 0.2) is 48.7 Å². The lowest BCUT2D eigenvalue weighted by Gasteiger charge is -2.30. The van der Waals surface area contributed by atoms with E-state index in [-0.39, 0.29) is 5.91 Å². The van der Waals surface area contributed by atoms with Crippen LogP contribution in [0.25, 0.3) is 17.1 Å². The number of piperidine rings is 1. The minimum Gasteiger partial charge on any atom is -0.350 e. The Labute approximate surface area is 184 Å². The van der Waals surface area contributed by atoms with Gasteiger partial charge in [0.1, 0.15) is 11.4 Å². The fourth-order valence-corrected chi connectivity index (χ4v) is 4.51. The molecule has 2 aromatic heterocycles. The number of aryl methyl sites for hydroxylation is 2. The molecule has 1 aliphatic rings. The summed E-state index contributed by atoms with van der Waals surface area (Å²) >= 11 is 0. The van der Waals surface area contributed by atoms with Crippen molar-refractivity contribution < 1.29 is 9.69 Å². The van der Waals surface area contributed by atoms with Crippen LogP contribution < -0.4 is 10.2 Å². The van der Waals surface area contributed by atoms with Crippen molar-refractivity contribution in [3.63, 3.8) is 0 Å². The van der Waals surface area contributed by atoms with Crippen LogP contribution in [0.1, 0.15) is 48.7 Å². The van der Waals surface area contributed by atoms with Crippen LogP contribution in [0.4, 0.5) is 0 Å². The Bertz CT molecular complexity index is 1020. The zero-order chi connectivity index (χ0) is 21.8. The van der Waals surface area contributed by atoms with Gasteiger partial charge in [0.05, 0.1) is 30.5 Å². The van der Waals surface area contributed by atoms with E-state index in [4.69, 9.17) is 5.10 Å². The average Bonchev–Trinajstić information content (AvgIpc) is 3.39. The summed E-state index contributed by atoms with van der Waals surface area (Å²) in [5, 5.41) is 7.91. The van der Waals surface area contributed by atoms with Crippen LogP contribution in [-0.4, -0.2) is 45.9 Å². The van der Waals surface area contributed by atoms with Crippen molar-refractivity contribution in [2.45, 2.75) is 45.6 Å². The second kappa shape index (κ2) is 9.52. The minimum absolute atomic E-state index is 0.0739. The summed E-state index contributed by atoms with van der Waals surface area (Å²) < 4.78 is 3.78. The van der Waals surface area contributed by atoms with Gasteiger partial charge < -0.3 is 14.8 Å². The second-order valence-electron chi connectivity index (χ2n) is 8.83. The van der Waals surface area contributed by atoms with E-state index >= 15 is 0 Å². The van der Waals surface area contributed by atoms with E-state index in [2.05, 4.69) is 19.2 Å². The number of hydrogen-bond acceptors (Lipinski definition) is 2. The van der Waals surface area contributed by atoms with Crippen molar-refractivity contribution in [1.82, 2.24) is 19.7 Å². The van der Waals surface area contributed by atoms with Gasteiger partial charge in [-0.1, -0.05) is 17.7 Å². The van der Waals surface area contributed by atoms with Gasteiger partial charge in [0.15, 0.2) is 0 Å². The summed E-state index contributed by atoms with van der Waals surface area (Å²) in [6.45, 7) is 7.47. The zero-order valence-corrected chi connectivity index (χ0v) is 18.9. The molecule has 1 amide bonds. The lowest BCUT2D eigenvalue weighted by Crippen LogP contribution is -3.16. The molecule has 3 aromatic rings. The second-order valence-corrected chi connectivity index (χ2v) is 8.83. The number of amides is 1. The number of quaternary nitrogens is 1. The first-order valence-electron chi connectivity index (χ1n) is 11.4. The number of hydrogen-bond donors (Lipinski definition) is 2. The van der Waals surface area contributed by atoms with Crippen molar-refractivity contribution in [3.8, 4) is 17.1 Å². The van der Waals surface area contributed by atoms with E-state index < -0.39 is 0 Å². The average molecular weight is 421 g/mol. The lowest BCUT2D eigenvalue weighted by molar-refractivity contribution is -0.928. The molecule has 31 heavy (non-hydrogen) atoms. The number of rotatable bonds is 7. The van der Waals surface area contributed by atoms with E-state index in [1.807, 2.05) is 60.3 Å². The number of nitrogens with zero attached hydrogens (tertiary/aromatic N) is 3. The number of carbonyl (C=O) groups excluding carboxylic acids is 1. The lowest BCUT2D eigenvalue weighted by atomic mass is 10.0. The first-order chi connectivity index (χ1) is 15.0. The van der Waals surface area contributed by atoms with Crippen molar-refractivity contribution in [1.29, 1.82) is 0 Å². The van der Waals surface area contributed by atoms with Gasteiger partial charge in [-0.05, 0) is 63.4 Å². The molecule has 1 aromatic carbocycles. The molecule has 164 valence electrons. The Morgan fingerprint density at radius 2 is 2.03 bits per heavy atom. The van der Waals surface area contributed by atoms with E-state index in [0.717, 1.165) is 36.1 Å². The van der Waals surface area contributed by atoms with E-state index in [1.54, 1.807) is 9.58 Å². The highest BCUT2D eigenvalue weighted by atomic mass is 16.2. The standard InChI is InChI=1S/C25H33N5O/c1-19-10-12-21(13-11-19)30-24(18-22(27-30)23-9-6-15-28(23)3)25(31)26-14-7-17-29-16-5-4-8-20(29)2/h6,9-13,15,18,20H,4-5,7-8,14,16-17H2,1-3H3,(H,26,31)/p+1/t20-/m1/s1. The maximum absolute atomic E-state index is 13.1. The van der Waals surface area contributed by atoms with Gasteiger partial charge in [-0.2, -0.15) is 5.10 Å². The van der Waals surface area contributed by atoms with Crippen LogP contribution in [0.2, 0.25) is 0 Å². The molecule has 6 heteroatoms. The molecule has 0 aliphatic carbocycles. The summed E-state index contributed by atoms with van der Waals surface area (Å²) in [7, 11) is 1.99. The maximum atomic E-state index is 13.1. The summed E-state index contributed by atoms with van der Waals surface area (Å²) in [6, 6.07) is 14.7. The third-order valence-electron chi connectivity index (χ3n) is 6.47. The quantitative estimate of drug-likeness (QED) is 0.578. The zero-order valence-electron chi connectivity index (χ0n) is 18.9. The predicted molar refractivity (Wildman–Crippen MR) is 124 cm³/mol. The molecular formula is C25H34N5O+. The van der Waals surface area contributed by atoms with Gasteiger partial charge in [0.2, 0.25) is 0 Å². The summed E-state index contributed by atoms with van der Waals surface area (Å²) in [4.78, 5) is 14.8. The molecule has 0 spiro atoms. The smallest absolute Gasteiger partial charge is 0.270 e. The molecule has 1 saturated heterocycles. The van der Waals surface area contributed by atoms with E-state index in [9.17, 15) is 4.79 Å². The summed E-state index contributed by atoms with van der Waals surface area (Å²) in [5.41, 5.74) is 4.42. The minimum atomic E-state index is -0.0739. The SMILES string of the molecule is Cc1ccc(-n2nc(-c3cccn3C)cc2C(=O)NCCC[NH+]2CCCC[C@H]2C)cc1. The van der Waals surface area contributed by atoms with Crippen molar-refractivity contribution >= 4 is 5.91 Å². The summed E-state index contributed by atoms with van der Waals surface area (Å²) in [5.74, 6) is -0.0739. The van der Waals surface area contributed by atoms with Gasteiger partial charge in [-0.3, -0.25) is 4.79 Å². The Morgan fingerprint density at radius 1 is 1.23 bits per heavy atom. The molecule has 1 aliphatic heterocycles. The fourth-order valence-electron chi connectivity index (χ4n) is 4.51. The normalized spacial score (nSPS) is 18.8. The molecule has 6 nitrogen and oxygen atoms in total. The highest BCUT2D eigenvalue weighted by Gasteiger charge is 2.22. The third-order valence-corrected chi connectivity index (χ3v) is 6.47. The van der Waals surface area contributed by atoms with E-state index in [1.165, 1.54) is 31.4 Å². The molecule has 0 saturated carbocycles. The number of likely N-dealkylation sites (tertiary alicyclic amines) is 1. The molecule has 2 atom stereocenters. The van der Waals surface area contributed by atoms with Crippen LogP contribution >= 0.6 is 0 Å². The molecule has 0 bridgehead atoms. The summed E-state index contributed by atoms with van der Waals surface area (Å²) in [6.07, 6.45) is 6.98. The molecular weight excluding hydrogens is 386 g/mol. The highest BCUT2D eigenvalue weighted by molar-refractivity contribution is 5.94. The topological polar surface area (TPSA) is 56.3 Å². The van der Waals surface area contributed by atoms with Crippen LogP contribution in [0, 0.1) is 6.92 Å². The number of carbonyl (C=O) groups is 1. The van der Waals surface area contributed by atoms with Crippen molar-refractivity contribution in [2.24, 2.45) is 7.05 Å². The Morgan fingerprint density at radius 3 is 2.74 bits per heavy atom. The van der Waals surface area contributed by atoms with Gasteiger partial charge in [-0.15, -0.1) is 0 Å². The Kier molecular flexibility index (Phi) is 6.56. The monoisotopic (exact) mass is 420 g/mol. The molecule has 2 N–H and O–H groups in total. The highest BCUT2D eigenvalue weighted by Crippen LogP contribution is 2.22. The third kappa shape index (κ3) is 4.90. The van der Waals surface area contributed by atoms with Gasteiger partial charge in [0, 0.05) is 26.2 Å².